The average Bonchev–Trinajstić information content (AvgIpc) is 2.76. The standard InChI is InChI=1S/C14H14ClNO3S/c1-3-5-9-16-10-13(20(15,17)18)14-11(16)7-6-8-12(14)19-4-2/h6-8,10H,4,9H2,1-2H3. The molecule has 0 radical (unpaired) electrons. The van der Waals surface area contributed by atoms with E-state index in [1.54, 1.807) is 17.6 Å². The van der Waals surface area contributed by atoms with Crippen molar-refractivity contribution in [3.05, 3.63) is 24.4 Å². The van der Waals surface area contributed by atoms with Crippen molar-refractivity contribution < 1.29 is 13.2 Å². The summed E-state index contributed by atoms with van der Waals surface area (Å²) in [5, 5.41) is 0.502. The number of benzene rings is 1. The molecule has 0 unspecified atom stereocenters. The molecule has 0 aliphatic heterocycles. The molecule has 0 saturated carbocycles. The molecule has 0 aliphatic carbocycles. The number of nitrogens with zero attached hydrogens (tertiary/aromatic N) is 1. The molecule has 0 saturated heterocycles. The maximum Gasteiger partial charge on any atom is 0.263 e. The molecule has 2 aromatic rings. The molecule has 106 valence electrons. The molecule has 0 N–H and O–H groups in total. The molecule has 2 rings (SSSR count). The van der Waals surface area contributed by atoms with Crippen LogP contribution in [0.25, 0.3) is 10.9 Å². The van der Waals surface area contributed by atoms with Crippen LogP contribution in [0, 0.1) is 11.8 Å². The highest BCUT2D eigenvalue weighted by Crippen LogP contribution is 2.35. The number of aromatic nitrogens is 1. The quantitative estimate of drug-likeness (QED) is 0.644. The van der Waals surface area contributed by atoms with E-state index in [1.807, 2.05) is 19.1 Å². The van der Waals surface area contributed by atoms with Crippen molar-refractivity contribution in [3.8, 4) is 17.6 Å². The van der Waals surface area contributed by atoms with Gasteiger partial charge in [0.25, 0.3) is 9.05 Å². The Labute approximate surface area is 122 Å². The fourth-order valence-electron chi connectivity index (χ4n) is 2.04. The van der Waals surface area contributed by atoms with Crippen LogP contribution in [0.4, 0.5) is 0 Å². The summed E-state index contributed by atoms with van der Waals surface area (Å²) >= 11 is 0. The fraction of sp³-hybridized carbons (Fsp3) is 0.286. The molecule has 4 nitrogen and oxygen atoms in total. The zero-order valence-corrected chi connectivity index (χ0v) is 12.8. The minimum absolute atomic E-state index is 0.0520. The number of hydrogen-bond acceptors (Lipinski definition) is 3. The summed E-state index contributed by atoms with van der Waals surface area (Å²) in [7, 11) is 1.67. The Morgan fingerprint density at radius 3 is 2.75 bits per heavy atom. The van der Waals surface area contributed by atoms with E-state index in [-0.39, 0.29) is 4.90 Å². The number of hydrogen-bond donors (Lipinski definition) is 0. The van der Waals surface area contributed by atoms with Crippen molar-refractivity contribution in [1.82, 2.24) is 4.57 Å². The number of halogens is 1. The van der Waals surface area contributed by atoms with Gasteiger partial charge in [-0.1, -0.05) is 12.0 Å². The summed E-state index contributed by atoms with van der Waals surface area (Å²) in [6.45, 7) is 4.42. The van der Waals surface area contributed by atoms with E-state index in [0.717, 1.165) is 5.52 Å². The van der Waals surface area contributed by atoms with Crippen LogP contribution in [-0.2, 0) is 15.6 Å². The normalized spacial score (nSPS) is 11.2. The molecular weight excluding hydrogens is 298 g/mol. The van der Waals surface area contributed by atoms with Crippen LogP contribution in [0.3, 0.4) is 0 Å². The smallest absolute Gasteiger partial charge is 0.263 e. The van der Waals surface area contributed by atoms with Crippen molar-refractivity contribution >= 4 is 30.6 Å². The maximum atomic E-state index is 11.8. The van der Waals surface area contributed by atoms with Gasteiger partial charge < -0.3 is 9.30 Å². The number of fused-ring (bicyclic) bond motifs is 1. The summed E-state index contributed by atoms with van der Waals surface area (Å²) in [6.07, 6.45) is 1.50. The van der Waals surface area contributed by atoms with Crippen molar-refractivity contribution in [3.63, 3.8) is 0 Å². The summed E-state index contributed by atoms with van der Waals surface area (Å²) in [5.74, 6) is 6.20. The molecule has 1 heterocycles. The van der Waals surface area contributed by atoms with Crippen LogP contribution in [0.5, 0.6) is 5.75 Å². The van der Waals surface area contributed by atoms with E-state index < -0.39 is 9.05 Å². The largest absolute Gasteiger partial charge is 0.493 e. The minimum atomic E-state index is -3.85. The molecule has 0 spiro atoms. The first-order chi connectivity index (χ1) is 9.49. The molecule has 0 amide bonds. The van der Waals surface area contributed by atoms with E-state index in [1.165, 1.54) is 6.20 Å². The molecule has 1 aromatic carbocycles. The van der Waals surface area contributed by atoms with Gasteiger partial charge >= 0.3 is 0 Å². The van der Waals surface area contributed by atoms with Crippen molar-refractivity contribution in [1.29, 1.82) is 0 Å². The Morgan fingerprint density at radius 2 is 2.15 bits per heavy atom. The average molecular weight is 312 g/mol. The van der Waals surface area contributed by atoms with Crippen LogP contribution < -0.4 is 4.74 Å². The molecule has 20 heavy (non-hydrogen) atoms. The molecule has 1 aromatic heterocycles. The first-order valence-electron chi connectivity index (χ1n) is 6.08. The number of ether oxygens (including phenoxy) is 1. The molecule has 0 atom stereocenters. The van der Waals surface area contributed by atoms with Gasteiger partial charge in [-0.15, -0.1) is 5.92 Å². The third-order valence-electron chi connectivity index (χ3n) is 2.82. The maximum absolute atomic E-state index is 11.8. The van der Waals surface area contributed by atoms with Gasteiger partial charge in [0.05, 0.1) is 24.1 Å². The Morgan fingerprint density at radius 1 is 1.40 bits per heavy atom. The van der Waals surface area contributed by atoms with Crippen LogP contribution in [0.15, 0.2) is 29.3 Å². The lowest BCUT2D eigenvalue weighted by molar-refractivity contribution is 0.344. The highest BCUT2D eigenvalue weighted by atomic mass is 35.7. The summed E-state index contributed by atoms with van der Waals surface area (Å²) in [4.78, 5) is 0.0520. The van der Waals surface area contributed by atoms with Crippen molar-refractivity contribution in [2.45, 2.75) is 25.3 Å². The third kappa shape index (κ3) is 2.77. The van der Waals surface area contributed by atoms with Gasteiger partial charge in [0, 0.05) is 16.9 Å². The monoisotopic (exact) mass is 311 g/mol. The molecule has 0 bridgehead atoms. The predicted octanol–water partition coefficient (Wildman–Crippen LogP) is 2.99. The second-order valence-corrected chi connectivity index (χ2v) is 6.60. The summed E-state index contributed by atoms with van der Waals surface area (Å²) < 4.78 is 30.8. The Bertz CT molecular complexity index is 797. The molecule has 0 fully saturated rings. The minimum Gasteiger partial charge on any atom is -0.493 e. The summed E-state index contributed by atoms with van der Waals surface area (Å²) in [6, 6.07) is 5.36. The van der Waals surface area contributed by atoms with Crippen molar-refractivity contribution in [2.75, 3.05) is 6.61 Å². The van der Waals surface area contributed by atoms with Gasteiger partial charge in [0.1, 0.15) is 10.6 Å². The van der Waals surface area contributed by atoms with Crippen LogP contribution in [0.2, 0.25) is 0 Å². The Hall–Kier alpha value is -1.64. The van der Waals surface area contributed by atoms with Gasteiger partial charge in [-0.2, -0.15) is 0 Å². The molecule has 6 heteroatoms. The van der Waals surface area contributed by atoms with E-state index in [9.17, 15) is 8.42 Å². The zero-order valence-electron chi connectivity index (χ0n) is 11.2. The second kappa shape index (κ2) is 5.78. The first-order valence-corrected chi connectivity index (χ1v) is 8.39. The van der Waals surface area contributed by atoms with E-state index in [4.69, 9.17) is 15.4 Å². The van der Waals surface area contributed by atoms with Gasteiger partial charge in [-0.3, -0.25) is 0 Å². The lowest BCUT2D eigenvalue weighted by Gasteiger charge is -2.06. The van der Waals surface area contributed by atoms with E-state index in [0.29, 0.717) is 24.3 Å². The van der Waals surface area contributed by atoms with Gasteiger partial charge in [0.2, 0.25) is 0 Å². The van der Waals surface area contributed by atoms with Crippen molar-refractivity contribution in [2.24, 2.45) is 0 Å². The topological polar surface area (TPSA) is 48.3 Å². The molecule has 0 aliphatic rings. The van der Waals surface area contributed by atoms with Gasteiger partial charge in [0.15, 0.2) is 0 Å². The fourth-order valence-corrected chi connectivity index (χ4v) is 3.09. The SMILES string of the molecule is CC#CCn1cc(S(=O)(=O)Cl)c2c(OCC)cccc21. The first kappa shape index (κ1) is 14.8. The lowest BCUT2D eigenvalue weighted by atomic mass is 10.2. The van der Waals surface area contributed by atoms with E-state index >= 15 is 0 Å². The Balaban J connectivity index is 2.79. The van der Waals surface area contributed by atoms with Crippen LogP contribution in [-0.4, -0.2) is 19.6 Å². The highest BCUT2D eigenvalue weighted by Gasteiger charge is 2.21. The third-order valence-corrected chi connectivity index (χ3v) is 4.16. The van der Waals surface area contributed by atoms with Gasteiger partial charge in [-0.25, -0.2) is 8.42 Å². The Kier molecular flexibility index (Phi) is 4.26. The second-order valence-electron chi connectivity index (χ2n) is 4.07. The lowest BCUT2D eigenvalue weighted by Crippen LogP contribution is -1.95. The number of rotatable bonds is 4. The van der Waals surface area contributed by atoms with E-state index in [2.05, 4.69) is 11.8 Å². The van der Waals surface area contributed by atoms with Crippen LogP contribution >= 0.6 is 10.7 Å². The zero-order chi connectivity index (χ0) is 14.8. The highest BCUT2D eigenvalue weighted by molar-refractivity contribution is 8.14. The molecular formula is C14H14ClNO3S. The van der Waals surface area contributed by atoms with Gasteiger partial charge in [-0.05, 0) is 26.0 Å². The van der Waals surface area contributed by atoms with Crippen LogP contribution in [0.1, 0.15) is 13.8 Å². The predicted molar refractivity (Wildman–Crippen MR) is 79.6 cm³/mol. The summed E-state index contributed by atoms with van der Waals surface area (Å²) in [5.41, 5.74) is 0.734.